The minimum Gasteiger partial charge on any atom is -0.355 e. The van der Waals surface area contributed by atoms with Crippen LogP contribution in [0.5, 0.6) is 0 Å². The van der Waals surface area contributed by atoms with Gasteiger partial charge >= 0.3 is 0 Å². The first-order valence-electron chi connectivity index (χ1n) is 11.9. The van der Waals surface area contributed by atoms with Gasteiger partial charge in [-0.05, 0) is 43.5 Å². The molecule has 2 aliphatic rings. The Kier molecular flexibility index (Phi) is 7.14. The molecule has 2 aromatic carbocycles. The number of rotatable bonds is 7. The highest BCUT2D eigenvalue weighted by molar-refractivity contribution is 5.97. The minimum atomic E-state index is -0.836. The van der Waals surface area contributed by atoms with Crippen molar-refractivity contribution in [1.29, 1.82) is 0 Å². The van der Waals surface area contributed by atoms with Gasteiger partial charge in [-0.3, -0.25) is 14.4 Å². The Morgan fingerprint density at radius 3 is 2.38 bits per heavy atom. The van der Waals surface area contributed by atoms with E-state index < -0.39 is 11.4 Å². The third-order valence-corrected chi connectivity index (χ3v) is 6.75. The van der Waals surface area contributed by atoms with Crippen molar-refractivity contribution in [2.75, 3.05) is 37.7 Å². The predicted octanol–water partition coefficient (Wildman–Crippen LogP) is 3.02. The van der Waals surface area contributed by atoms with E-state index in [0.29, 0.717) is 39.1 Å². The second-order valence-electron chi connectivity index (χ2n) is 8.92. The highest BCUT2D eigenvalue weighted by atomic mass is 19.1. The van der Waals surface area contributed by atoms with E-state index in [0.717, 1.165) is 18.5 Å². The van der Waals surface area contributed by atoms with Gasteiger partial charge in [-0.25, -0.2) is 4.39 Å². The lowest BCUT2D eigenvalue weighted by Gasteiger charge is -2.43. The van der Waals surface area contributed by atoms with E-state index in [9.17, 15) is 18.8 Å². The molecule has 2 saturated heterocycles. The van der Waals surface area contributed by atoms with Crippen LogP contribution in [-0.4, -0.2) is 65.9 Å². The molecule has 0 bridgehead atoms. The molecule has 1 N–H and O–H groups in total. The Hall–Kier alpha value is -3.42. The van der Waals surface area contributed by atoms with Crippen LogP contribution in [0.4, 0.5) is 10.1 Å². The zero-order valence-corrected chi connectivity index (χ0v) is 19.5. The van der Waals surface area contributed by atoms with Gasteiger partial charge < -0.3 is 20.0 Å². The molecule has 8 heteroatoms. The number of nitrogens with zero attached hydrogens (tertiary/aromatic N) is 3. The molecule has 0 aliphatic carbocycles. The van der Waals surface area contributed by atoms with Crippen LogP contribution in [0.1, 0.15) is 43.0 Å². The summed E-state index contributed by atoms with van der Waals surface area (Å²) in [5.74, 6) is -1.17. The van der Waals surface area contributed by atoms with E-state index in [1.165, 1.54) is 12.1 Å². The van der Waals surface area contributed by atoms with E-state index in [1.807, 2.05) is 30.3 Å². The molecule has 0 saturated carbocycles. The fourth-order valence-electron chi connectivity index (χ4n) is 4.84. The van der Waals surface area contributed by atoms with Crippen LogP contribution in [0, 0.1) is 5.82 Å². The number of nitrogens with one attached hydrogen (secondary N) is 1. The number of carbonyl (C=O) groups is 3. The van der Waals surface area contributed by atoms with Crippen LogP contribution in [0.3, 0.4) is 0 Å². The van der Waals surface area contributed by atoms with Crippen molar-refractivity contribution in [3.63, 3.8) is 0 Å². The molecule has 2 aromatic rings. The third-order valence-electron chi connectivity index (χ3n) is 6.75. The van der Waals surface area contributed by atoms with E-state index in [-0.39, 0.29) is 29.8 Å². The quantitative estimate of drug-likeness (QED) is 0.637. The van der Waals surface area contributed by atoms with Crippen LogP contribution >= 0.6 is 0 Å². The summed E-state index contributed by atoms with van der Waals surface area (Å²) in [6.07, 6.45) is 2.70. The van der Waals surface area contributed by atoms with Crippen LogP contribution in [-0.2, 0) is 9.59 Å². The molecule has 34 heavy (non-hydrogen) atoms. The van der Waals surface area contributed by atoms with Crippen LogP contribution in [0.15, 0.2) is 54.6 Å². The summed E-state index contributed by atoms with van der Waals surface area (Å²) >= 11 is 0. The second-order valence-corrected chi connectivity index (χ2v) is 8.92. The van der Waals surface area contributed by atoms with Crippen molar-refractivity contribution in [2.24, 2.45) is 0 Å². The number of carbonyl (C=O) groups excluding carboxylic acids is 3. The van der Waals surface area contributed by atoms with Crippen molar-refractivity contribution < 1.29 is 18.8 Å². The van der Waals surface area contributed by atoms with Gasteiger partial charge in [0, 0.05) is 25.3 Å². The van der Waals surface area contributed by atoms with Crippen molar-refractivity contribution in [2.45, 2.75) is 38.1 Å². The molecule has 1 spiro atoms. The largest absolute Gasteiger partial charge is 0.355 e. The lowest BCUT2D eigenvalue weighted by molar-refractivity contribution is -0.137. The normalized spacial score (nSPS) is 17.4. The molecule has 3 amide bonds. The van der Waals surface area contributed by atoms with Crippen molar-refractivity contribution in [3.05, 3.63) is 66.0 Å². The molecule has 2 fully saturated rings. The fourth-order valence-corrected chi connectivity index (χ4v) is 4.84. The molecule has 0 aromatic heterocycles. The summed E-state index contributed by atoms with van der Waals surface area (Å²) in [5.41, 5.74) is 0.108. The first-order valence-corrected chi connectivity index (χ1v) is 11.9. The maximum Gasteiger partial charge on any atom is 0.256 e. The lowest BCUT2D eigenvalue weighted by Crippen LogP contribution is -2.57. The molecular weight excluding hydrogens is 435 g/mol. The Morgan fingerprint density at radius 2 is 1.71 bits per heavy atom. The number of unbranched alkanes of at least 4 members (excludes halogenated alkanes) is 1. The lowest BCUT2D eigenvalue weighted by atomic mass is 9.85. The molecule has 0 unspecified atom stereocenters. The SMILES string of the molecule is CCCCNC(=O)CN1CN(c2ccccc2)C2(CCN(C(=O)c3ccccc3F)CC2)C1=O. The van der Waals surface area contributed by atoms with E-state index >= 15 is 0 Å². The number of likely N-dealkylation sites (tertiary alicyclic amines) is 1. The van der Waals surface area contributed by atoms with Crippen LogP contribution < -0.4 is 10.2 Å². The van der Waals surface area contributed by atoms with E-state index in [1.54, 1.807) is 21.9 Å². The standard InChI is InChI=1S/C26H31FN4O3/c1-2-3-15-28-23(32)18-30-19-31(20-9-5-4-6-10-20)26(25(30)34)13-16-29(17-14-26)24(33)21-11-7-8-12-22(21)27/h4-12H,2-3,13-19H2,1H3,(H,28,32). The van der Waals surface area contributed by atoms with Gasteiger partial charge in [0.2, 0.25) is 5.91 Å². The molecule has 2 heterocycles. The summed E-state index contributed by atoms with van der Waals surface area (Å²) in [7, 11) is 0. The Morgan fingerprint density at radius 1 is 1.03 bits per heavy atom. The van der Waals surface area contributed by atoms with Gasteiger partial charge in [0.25, 0.3) is 11.8 Å². The molecule has 0 atom stereocenters. The Bertz CT molecular complexity index is 1040. The first-order chi connectivity index (χ1) is 16.5. The van der Waals surface area contributed by atoms with Crippen molar-refractivity contribution >= 4 is 23.4 Å². The maximum absolute atomic E-state index is 14.2. The van der Waals surface area contributed by atoms with E-state index in [4.69, 9.17) is 0 Å². The number of halogens is 1. The molecule has 2 aliphatic heterocycles. The van der Waals surface area contributed by atoms with Crippen LogP contribution in [0.2, 0.25) is 0 Å². The molecule has 0 radical (unpaired) electrons. The molecule has 7 nitrogen and oxygen atoms in total. The van der Waals surface area contributed by atoms with Crippen molar-refractivity contribution in [3.8, 4) is 0 Å². The number of benzene rings is 2. The maximum atomic E-state index is 14.2. The van der Waals surface area contributed by atoms with Crippen LogP contribution in [0.25, 0.3) is 0 Å². The predicted molar refractivity (Wildman–Crippen MR) is 128 cm³/mol. The number of hydrogen-bond donors (Lipinski definition) is 1. The average Bonchev–Trinajstić information content (AvgIpc) is 3.11. The Labute approximate surface area is 199 Å². The highest BCUT2D eigenvalue weighted by Crippen LogP contribution is 2.39. The number of para-hydroxylation sites is 1. The number of piperidine rings is 1. The summed E-state index contributed by atoms with van der Waals surface area (Å²) in [6.45, 7) is 3.63. The highest BCUT2D eigenvalue weighted by Gasteiger charge is 2.54. The molecule has 4 rings (SSSR count). The van der Waals surface area contributed by atoms with Gasteiger partial charge in [-0.1, -0.05) is 43.7 Å². The Balaban J connectivity index is 1.52. The number of hydrogen-bond acceptors (Lipinski definition) is 4. The summed E-state index contributed by atoms with van der Waals surface area (Å²) in [4.78, 5) is 44.3. The van der Waals surface area contributed by atoms with Gasteiger partial charge in [0.15, 0.2) is 0 Å². The summed E-state index contributed by atoms with van der Waals surface area (Å²) < 4.78 is 14.2. The smallest absolute Gasteiger partial charge is 0.256 e. The van der Waals surface area contributed by atoms with Crippen molar-refractivity contribution in [1.82, 2.24) is 15.1 Å². The number of anilines is 1. The number of amides is 3. The second kappa shape index (κ2) is 10.2. The topological polar surface area (TPSA) is 73.0 Å². The fraction of sp³-hybridized carbons (Fsp3) is 0.423. The average molecular weight is 467 g/mol. The zero-order chi connectivity index (χ0) is 24.1. The van der Waals surface area contributed by atoms with Gasteiger partial charge in [0.05, 0.1) is 12.2 Å². The summed E-state index contributed by atoms with van der Waals surface area (Å²) in [5, 5.41) is 2.88. The molecule has 180 valence electrons. The summed E-state index contributed by atoms with van der Waals surface area (Å²) in [6, 6.07) is 15.6. The minimum absolute atomic E-state index is 0.00546. The van der Waals surface area contributed by atoms with E-state index in [2.05, 4.69) is 17.1 Å². The molecular formula is C26H31FN4O3. The third kappa shape index (κ3) is 4.62. The zero-order valence-electron chi connectivity index (χ0n) is 19.5. The monoisotopic (exact) mass is 466 g/mol. The van der Waals surface area contributed by atoms with Gasteiger partial charge in [-0.2, -0.15) is 0 Å². The van der Waals surface area contributed by atoms with Gasteiger partial charge in [-0.15, -0.1) is 0 Å². The van der Waals surface area contributed by atoms with Gasteiger partial charge in [0.1, 0.15) is 17.9 Å². The first kappa shape index (κ1) is 23.7.